The summed E-state index contributed by atoms with van der Waals surface area (Å²) in [5.74, 6) is -0.0493. The number of nitrogens with two attached hydrogens (primary N) is 1. The first-order valence-electron chi connectivity index (χ1n) is 5.75. The van der Waals surface area contributed by atoms with Crippen LogP contribution in [0.2, 0.25) is 0 Å². The third-order valence-electron chi connectivity index (χ3n) is 2.52. The van der Waals surface area contributed by atoms with Crippen LogP contribution < -0.4 is 10.5 Å². The highest BCUT2D eigenvalue weighted by molar-refractivity contribution is 7.92. The molecule has 0 unspecified atom stereocenters. The number of anilines is 2. The number of rotatable bonds is 6. The number of aromatic nitrogens is 4. The van der Waals surface area contributed by atoms with E-state index >= 15 is 0 Å². The van der Waals surface area contributed by atoms with E-state index < -0.39 is 10.0 Å². The van der Waals surface area contributed by atoms with E-state index in [2.05, 4.69) is 14.9 Å². The van der Waals surface area contributed by atoms with Crippen LogP contribution in [0.5, 0.6) is 0 Å². The van der Waals surface area contributed by atoms with Crippen molar-refractivity contribution >= 4 is 21.5 Å². The maximum atomic E-state index is 12.2. The maximum Gasteiger partial charge on any atom is 0.267 e. The zero-order valence-electron chi connectivity index (χ0n) is 11.1. The second-order valence-electron chi connectivity index (χ2n) is 4.14. The zero-order valence-corrected chi connectivity index (χ0v) is 12.0. The second kappa shape index (κ2) is 5.51. The lowest BCUT2D eigenvalue weighted by Crippen LogP contribution is -2.13. The molecule has 2 aromatic rings. The van der Waals surface area contributed by atoms with Gasteiger partial charge in [-0.1, -0.05) is 0 Å². The number of methoxy groups -OCH3 is 1. The molecular formula is C10H16N6O3S. The molecule has 0 aliphatic carbocycles. The van der Waals surface area contributed by atoms with Crippen molar-refractivity contribution in [3.05, 3.63) is 18.6 Å². The molecule has 2 aromatic heterocycles. The summed E-state index contributed by atoms with van der Waals surface area (Å²) < 4.78 is 34.5. The van der Waals surface area contributed by atoms with E-state index in [-0.39, 0.29) is 10.7 Å². The smallest absolute Gasteiger partial charge is 0.267 e. The molecule has 9 nitrogen and oxygen atoms in total. The topological polar surface area (TPSA) is 117 Å². The second-order valence-corrected chi connectivity index (χ2v) is 5.79. The quantitative estimate of drug-likeness (QED) is 0.752. The number of nitrogen functional groups attached to an aromatic ring is 1. The summed E-state index contributed by atoms with van der Waals surface area (Å²) in [6.07, 6.45) is 4.33. The van der Waals surface area contributed by atoms with Gasteiger partial charge >= 0.3 is 0 Å². The van der Waals surface area contributed by atoms with Crippen LogP contribution in [0.15, 0.2) is 23.5 Å². The van der Waals surface area contributed by atoms with Crippen LogP contribution >= 0.6 is 0 Å². The number of aryl methyl sites for hydroxylation is 1. The van der Waals surface area contributed by atoms with Crippen molar-refractivity contribution in [2.75, 3.05) is 24.2 Å². The van der Waals surface area contributed by atoms with E-state index in [9.17, 15) is 8.42 Å². The molecule has 0 amide bonds. The van der Waals surface area contributed by atoms with E-state index in [1.165, 1.54) is 17.1 Å². The number of sulfonamides is 1. The molecule has 110 valence electrons. The van der Waals surface area contributed by atoms with Gasteiger partial charge < -0.3 is 10.5 Å². The van der Waals surface area contributed by atoms with E-state index in [4.69, 9.17) is 10.5 Å². The van der Waals surface area contributed by atoms with Gasteiger partial charge in [0.2, 0.25) is 0 Å². The molecule has 0 saturated carbocycles. The third-order valence-corrected chi connectivity index (χ3v) is 3.92. The first-order valence-corrected chi connectivity index (χ1v) is 7.24. The van der Waals surface area contributed by atoms with Crippen LogP contribution in [-0.2, 0) is 28.4 Å². The van der Waals surface area contributed by atoms with E-state index in [1.807, 2.05) is 0 Å². The summed E-state index contributed by atoms with van der Waals surface area (Å²) >= 11 is 0. The Morgan fingerprint density at radius 1 is 1.45 bits per heavy atom. The highest BCUT2D eigenvalue weighted by Crippen LogP contribution is 2.19. The van der Waals surface area contributed by atoms with Gasteiger partial charge in [0.05, 0.1) is 25.0 Å². The molecule has 20 heavy (non-hydrogen) atoms. The van der Waals surface area contributed by atoms with Crippen molar-refractivity contribution in [3.8, 4) is 0 Å². The van der Waals surface area contributed by atoms with Crippen molar-refractivity contribution in [2.45, 2.75) is 11.4 Å². The first-order chi connectivity index (χ1) is 9.42. The predicted octanol–water partition coefficient (Wildman–Crippen LogP) is -0.354. The summed E-state index contributed by atoms with van der Waals surface area (Å²) in [6.45, 7) is 1.02. The van der Waals surface area contributed by atoms with Gasteiger partial charge in [0.15, 0.2) is 5.82 Å². The summed E-state index contributed by atoms with van der Waals surface area (Å²) in [5.41, 5.74) is 5.91. The monoisotopic (exact) mass is 300 g/mol. The Kier molecular flexibility index (Phi) is 3.95. The zero-order chi connectivity index (χ0) is 14.8. The Bertz CT molecular complexity index is 690. The van der Waals surface area contributed by atoms with Crippen LogP contribution in [0.25, 0.3) is 0 Å². The minimum atomic E-state index is -3.77. The molecule has 3 N–H and O–H groups in total. The van der Waals surface area contributed by atoms with E-state index in [1.54, 1.807) is 25.0 Å². The molecule has 0 aromatic carbocycles. The highest BCUT2D eigenvalue weighted by atomic mass is 32.2. The van der Waals surface area contributed by atoms with Crippen LogP contribution in [0.1, 0.15) is 0 Å². The largest absolute Gasteiger partial charge is 0.383 e. The molecule has 2 heterocycles. The summed E-state index contributed by atoms with van der Waals surface area (Å²) in [4.78, 5) is -0.0651. The van der Waals surface area contributed by atoms with Gasteiger partial charge in [0.1, 0.15) is 4.90 Å². The van der Waals surface area contributed by atoms with Gasteiger partial charge in [-0.25, -0.2) is 8.42 Å². The van der Waals surface area contributed by atoms with Crippen LogP contribution in [0.3, 0.4) is 0 Å². The number of nitrogens with one attached hydrogen (secondary N) is 1. The minimum absolute atomic E-state index is 0.0493. The molecule has 0 aliphatic rings. The lowest BCUT2D eigenvalue weighted by Gasteiger charge is -2.03. The molecule has 0 saturated heterocycles. The Hall–Kier alpha value is -2.07. The Balaban J connectivity index is 2.16. The first kappa shape index (κ1) is 14.3. The van der Waals surface area contributed by atoms with E-state index in [0.29, 0.717) is 18.8 Å². The van der Waals surface area contributed by atoms with Crippen LogP contribution in [0, 0.1) is 0 Å². The number of nitrogens with zero attached hydrogens (tertiary/aromatic N) is 4. The molecule has 0 aliphatic heterocycles. The van der Waals surface area contributed by atoms with Crippen molar-refractivity contribution in [1.29, 1.82) is 0 Å². The van der Waals surface area contributed by atoms with Crippen LogP contribution in [0.4, 0.5) is 11.5 Å². The molecule has 10 heteroatoms. The highest BCUT2D eigenvalue weighted by Gasteiger charge is 2.21. The number of hydrogen-bond donors (Lipinski definition) is 2. The average Bonchev–Trinajstić information content (AvgIpc) is 2.93. The predicted molar refractivity (Wildman–Crippen MR) is 72.5 cm³/mol. The minimum Gasteiger partial charge on any atom is -0.383 e. The molecule has 0 atom stereocenters. The van der Waals surface area contributed by atoms with Gasteiger partial charge in [-0.05, 0) is 0 Å². The normalized spacial score (nSPS) is 11.7. The fourth-order valence-electron chi connectivity index (χ4n) is 1.62. The molecule has 0 bridgehead atoms. The number of ether oxygens (including phenoxy) is 1. The molecular weight excluding hydrogens is 284 g/mol. The van der Waals surface area contributed by atoms with Crippen molar-refractivity contribution in [3.63, 3.8) is 0 Å². The Morgan fingerprint density at radius 2 is 2.20 bits per heavy atom. The van der Waals surface area contributed by atoms with Gasteiger partial charge in [-0.2, -0.15) is 10.2 Å². The molecule has 2 rings (SSSR count). The maximum absolute atomic E-state index is 12.2. The lowest BCUT2D eigenvalue weighted by atomic mass is 10.6. The van der Waals surface area contributed by atoms with Crippen molar-refractivity contribution in [2.24, 2.45) is 7.05 Å². The van der Waals surface area contributed by atoms with Gasteiger partial charge in [-0.15, -0.1) is 0 Å². The van der Waals surface area contributed by atoms with Crippen molar-refractivity contribution < 1.29 is 13.2 Å². The van der Waals surface area contributed by atoms with Crippen LogP contribution in [-0.4, -0.2) is 41.7 Å². The fourth-order valence-corrected chi connectivity index (χ4v) is 2.76. The lowest BCUT2D eigenvalue weighted by molar-refractivity contribution is 0.183. The third kappa shape index (κ3) is 3.08. The summed E-state index contributed by atoms with van der Waals surface area (Å²) in [7, 11) is -0.596. The summed E-state index contributed by atoms with van der Waals surface area (Å²) in [5, 5.41) is 7.82. The summed E-state index contributed by atoms with van der Waals surface area (Å²) in [6, 6.07) is 0. The SMILES string of the molecule is COCCn1cc(NS(=O)(=O)c2cn(C)nc2N)cn1. The fraction of sp³-hybridized carbons (Fsp3) is 0.400. The van der Waals surface area contributed by atoms with Gasteiger partial charge in [0, 0.05) is 26.6 Å². The molecule has 0 radical (unpaired) electrons. The Morgan fingerprint density at radius 3 is 2.80 bits per heavy atom. The molecule has 0 fully saturated rings. The van der Waals surface area contributed by atoms with E-state index in [0.717, 1.165) is 0 Å². The average molecular weight is 300 g/mol. The Labute approximate surface area is 116 Å². The van der Waals surface area contributed by atoms with Crippen molar-refractivity contribution in [1.82, 2.24) is 19.6 Å². The van der Waals surface area contributed by atoms with Gasteiger partial charge in [0.25, 0.3) is 10.0 Å². The number of hydrogen-bond acceptors (Lipinski definition) is 6. The van der Waals surface area contributed by atoms with Gasteiger partial charge in [-0.3, -0.25) is 14.1 Å². The standard InChI is InChI=1S/C10H16N6O3S/c1-15-7-9(10(11)13-15)20(17,18)14-8-5-12-16(6-8)3-4-19-2/h5-7,14H,3-4H2,1-2H3,(H2,11,13). The molecule has 0 spiro atoms.